The van der Waals surface area contributed by atoms with Crippen molar-refractivity contribution < 1.29 is 9.59 Å². The number of aromatic nitrogens is 1. The minimum atomic E-state index is -0.418. The molecule has 1 fully saturated rings. The number of amides is 2. The summed E-state index contributed by atoms with van der Waals surface area (Å²) in [6, 6.07) is 7.45. The number of rotatable bonds is 5. The Morgan fingerprint density at radius 2 is 2.12 bits per heavy atom. The van der Waals surface area contributed by atoms with Crippen LogP contribution < -0.4 is 16.2 Å². The molecule has 2 aliphatic heterocycles. The standard InChI is InChI=1S/C24H27N5O3/c1-28-13-17-14-29(20(30)11-15-5-6-15)10-7-19(17)21(24(28)32)23(31)27-18-4-2-3-16(12-18)22-25-8-9-26-22/h2-4,12-13,15H,5-11,14H2,1H3,(H,25,26)(H,27,31). The summed E-state index contributed by atoms with van der Waals surface area (Å²) in [4.78, 5) is 45.0. The summed E-state index contributed by atoms with van der Waals surface area (Å²) in [7, 11) is 1.65. The zero-order valence-corrected chi connectivity index (χ0v) is 18.2. The number of hydrogen-bond donors (Lipinski definition) is 2. The third-order valence-corrected chi connectivity index (χ3v) is 6.37. The molecule has 2 amide bonds. The third kappa shape index (κ3) is 4.04. The lowest BCUT2D eigenvalue weighted by Crippen LogP contribution is -2.40. The van der Waals surface area contributed by atoms with Crippen molar-refractivity contribution in [3.05, 3.63) is 63.1 Å². The Balaban J connectivity index is 1.39. The average molecular weight is 434 g/mol. The normalized spacial score (nSPS) is 17.4. The fraction of sp³-hybridized carbons (Fsp3) is 0.417. The van der Waals surface area contributed by atoms with Crippen LogP contribution in [0.3, 0.4) is 0 Å². The lowest BCUT2D eigenvalue weighted by molar-refractivity contribution is -0.132. The fourth-order valence-corrected chi connectivity index (χ4v) is 4.46. The van der Waals surface area contributed by atoms with E-state index in [2.05, 4.69) is 15.6 Å². The molecule has 1 aliphatic carbocycles. The molecule has 0 atom stereocenters. The summed E-state index contributed by atoms with van der Waals surface area (Å²) in [6.45, 7) is 2.51. The molecular formula is C24H27N5O3. The predicted molar refractivity (Wildman–Crippen MR) is 122 cm³/mol. The van der Waals surface area contributed by atoms with Crippen LogP contribution in [0.15, 0.2) is 40.2 Å². The zero-order chi connectivity index (χ0) is 22.2. The number of benzene rings is 1. The van der Waals surface area contributed by atoms with Gasteiger partial charge in [0.2, 0.25) is 5.91 Å². The van der Waals surface area contributed by atoms with Gasteiger partial charge >= 0.3 is 0 Å². The minimum Gasteiger partial charge on any atom is -0.368 e. The number of aryl methyl sites for hydroxylation is 1. The highest BCUT2D eigenvalue weighted by Crippen LogP contribution is 2.33. The molecule has 5 rings (SSSR count). The Hall–Kier alpha value is -3.42. The van der Waals surface area contributed by atoms with Gasteiger partial charge in [-0.25, -0.2) is 0 Å². The molecule has 0 radical (unpaired) electrons. The lowest BCUT2D eigenvalue weighted by Gasteiger charge is -2.30. The van der Waals surface area contributed by atoms with Crippen molar-refractivity contribution >= 4 is 23.3 Å². The SMILES string of the molecule is Cn1cc2c(c(C(=O)Nc3cccc(C4=NCCN4)c3)c1=O)CCN(C(=O)CC1CC1)C2. The molecule has 1 aromatic carbocycles. The number of nitrogens with one attached hydrogen (secondary N) is 2. The van der Waals surface area contributed by atoms with Crippen LogP contribution in [0.5, 0.6) is 0 Å². The Kier molecular flexibility index (Phi) is 5.28. The second-order valence-corrected chi connectivity index (χ2v) is 8.83. The summed E-state index contributed by atoms with van der Waals surface area (Å²) < 4.78 is 1.44. The molecular weight excluding hydrogens is 406 g/mol. The van der Waals surface area contributed by atoms with E-state index in [4.69, 9.17) is 0 Å². The predicted octanol–water partition coefficient (Wildman–Crippen LogP) is 1.67. The van der Waals surface area contributed by atoms with Crippen molar-refractivity contribution in [2.24, 2.45) is 18.0 Å². The first-order chi connectivity index (χ1) is 15.5. The summed E-state index contributed by atoms with van der Waals surface area (Å²) in [6.07, 6.45) is 5.14. The first kappa shape index (κ1) is 20.5. The van der Waals surface area contributed by atoms with E-state index in [1.54, 1.807) is 19.3 Å². The average Bonchev–Trinajstić information content (AvgIpc) is 3.42. The Labute approximate surface area is 186 Å². The van der Waals surface area contributed by atoms with Crippen molar-refractivity contribution in [2.75, 3.05) is 25.0 Å². The largest absolute Gasteiger partial charge is 0.368 e. The first-order valence-corrected chi connectivity index (χ1v) is 11.2. The van der Waals surface area contributed by atoms with Crippen LogP contribution in [0.1, 0.15) is 46.3 Å². The number of aliphatic imine (C=N–C) groups is 1. The number of nitrogens with zero attached hydrogens (tertiary/aromatic N) is 3. The molecule has 3 aliphatic rings. The molecule has 166 valence electrons. The van der Waals surface area contributed by atoms with Crippen LogP contribution in [-0.2, 0) is 24.8 Å². The van der Waals surface area contributed by atoms with Gasteiger partial charge in [-0.15, -0.1) is 0 Å². The molecule has 1 saturated carbocycles. The maximum atomic E-state index is 13.2. The van der Waals surface area contributed by atoms with Gasteiger partial charge in [0.25, 0.3) is 11.5 Å². The Bertz CT molecular complexity index is 1180. The fourth-order valence-electron chi connectivity index (χ4n) is 4.46. The van der Waals surface area contributed by atoms with E-state index >= 15 is 0 Å². The van der Waals surface area contributed by atoms with E-state index in [1.807, 2.05) is 23.1 Å². The van der Waals surface area contributed by atoms with Crippen molar-refractivity contribution in [3.63, 3.8) is 0 Å². The van der Waals surface area contributed by atoms with E-state index in [0.717, 1.165) is 48.5 Å². The molecule has 8 heteroatoms. The minimum absolute atomic E-state index is 0.165. The second-order valence-electron chi connectivity index (χ2n) is 8.83. The quantitative estimate of drug-likeness (QED) is 0.750. The number of amidine groups is 1. The summed E-state index contributed by atoms with van der Waals surface area (Å²) in [5.74, 6) is 1.09. The van der Waals surface area contributed by atoms with Crippen molar-refractivity contribution in [1.29, 1.82) is 0 Å². The number of anilines is 1. The molecule has 0 unspecified atom stereocenters. The van der Waals surface area contributed by atoms with Gasteiger partial charge in [-0.05, 0) is 48.4 Å². The van der Waals surface area contributed by atoms with Crippen molar-refractivity contribution in [1.82, 2.24) is 14.8 Å². The molecule has 8 nitrogen and oxygen atoms in total. The number of carbonyl (C=O) groups excluding carboxylic acids is 2. The highest BCUT2D eigenvalue weighted by Gasteiger charge is 2.31. The summed E-state index contributed by atoms with van der Waals surface area (Å²) in [5.41, 5.74) is 2.97. The smallest absolute Gasteiger partial charge is 0.263 e. The second kappa shape index (κ2) is 8.26. The van der Waals surface area contributed by atoms with Crippen LogP contribution in [0.25, 0.3) is 0 Å². The highest BCUT2D eigenvalue weighted by atomic mass is 16.2. The van der Waals surface area contributed by atoms with Gasteiger partial charge in [-0.1, -0.05) is 12.1 Å². The first-order valence-electron chi connectivity index (χ1n) is 11.2. The van der Waals surface area contributed by atoms with Gasteiger partial charge in [0, 0.05) is 50.6 Å². The van der Waals surface area contributed by atoms with Gasteiger partial charge < -0.3 is 20.1 Å². The van der Waals surface area contributed by atoms with Crippen LogP contribution in [0.4, 0.5) is 5.69 Å². The number of carbonyl (C=O) groups is 2. The molecule has 2 aromatic rings. The van der Waals surface area contributed by atoms with Crippen molar-refractivity contribution in [2.45, 2.75) is 32.2 Å². The maximum absolute atomic E-state index is 13.2. The van der Waals surface area contributed by atoms with Crippen LogP contribution in [0.2, 0.25) is 0 Å². The van der Waals surface area contributed by atoms with Gasteiger partial charge in [0.1, 0.15) is 11.4 Å². The lowest BCUT2D eigenvalue weighted by atomic mass is 9.95. The number of hydrogen-bond acceptors (Lipinski definition) is 5. The molecule has 0 saturated heterocycles. The molecule has 2 N–H and O–H groups in total. The summed E-state index contributed by atoms with van der Waals surface area (Å²) >= 11 is 0. The van der Waals surface area contributed by atoms with Gasteiger partial charge in [-0.2, -0.15) is 0 Å². The molecule has 0 bridgehead atoms. The van der Waals surface area contributed by atoms with Crippen LogP contribution in [-0.4, -0.2) is 46.8 Å². The number of pyridine rings is 1. The molecule has 0 spiro atoms. The van der Waals surface area contributed by atoms with Gasteiger partial charge in [0.05, 0.1) is 6.54 Å². The Morgan fingerprint density at radius 1 is 1.28 bits per heavy atom. The van der Waals surface area contributed by atoms with E-state index in [-0.39, 0.29) is 17.0 Å². The summed E-state index contributed by atoms with van der Waals surface area (Å²) in [5, 5.41) is 6.12. The molecule has 3 heterocycles. The van der Waals surface area contributed by atoms with E-state index in [1.165, 1.54) is 4.57 Å². The third-order valence-electron chi connectivity index (χ3n) is 6.37. The highest BCUT2D eigenvalue weighted by molar-refractivity contribution is 6.06. The van der Waals surface area contributed by atoms with Crippen LogP contribution >= 0.6 is 0 Å². The monoisotopic (exact) mass is 433 g/mol. The van der Waals surface area contributed by atoms with E-state index < -0.39 is 5.91 Å². The van der Waals surface area contributed by atoms with Crippen LogP contribution in [0, 0.1) is 5.92 Å². The topological polar surface area (TPSA) is 95.8 Å². The van der Waals surface area contributed by atoms with Gasteiger partial charge in [-0.3, -0.25) is 19.4 Å². The van der Waals surface area contributed by atoms with E-state index in [9.17, 15) is 14.4 Å². The van der Waals surface area contributed by atoms with Crippen molar-refractivity contribution in [3.8, 4) is 0 Å². The zero-order valence-electron chi connectivity index (χ0n) is 18.2. The maximum Gasteiger partial charge on any atom is 0.263 e. The number of fused-ring (bicyclic) bond motifs is 1. The molecule has 1 aromatic heterocycles. The van der Waals surface area contributed by atoms with E-state index in [0.29, 0.717) is 37.5 Å². The molecule has 32 heavy (non-hydrogen) atoms. The Morgan fingerprint density at radius 3 is 2.88 bits per heavy atom. The van der Waals surface area contributed by atoms with Gasteiger partial charge in [0.15, 0.2) is 0 Å².